The minimum atomic E-state index is -0.610. The second-order valence-corrected chi connectivity index (χ2v) is 2.07. The van der Waals surface area contributed by atoms with Gasteiger partial charge in [0.25, 0.3) is 0 Å². The topological polar surface area (TPSA) is 72.2 Å². The molecule has 0 aliphatic rings. The Morgan fingerprint density at radius 2 is 2.18 bits per heavy atom. The molecule has 0 spiro atoms. The number of hydrogen-bond donors (Lipinski definition) is 2. The molecule has 0 saturated carbocycles. The van der Waals surface area contributed by atoms with Gasteiger partial charge in [-0.1, -0.05) is 6.08 Å². The zero-order valence-electron chi connectivity index (χ0n) is 6.30. The molecule has 4 nitrogen and oxygen atoms in total. The molecule has 0 fully saturated rings. The van der Waals surface area contributed by atoms with Crippen molar-refractivity contribution >= 4 is 11.8 Å². The monoisotopic (exact) mass is 156 g/mol. The maximum absolute atomic E-state index is 10.7. The lowest BCUT2D eigenvalue weighted by Gasteiger charge is -1.99. The van der Waals surface area contributed by atoms with Crippen LogP contribution in [-0.4, -0.2) is 18.4 Å². The number of nitrogens with two attached hydrogens (primary N) is 1. The Hall–Kier alpha value is -1.32. The molecule has 0 bridgehead atoms. The van der Waals surface area contributed by atoms with E-state index in [9.17, 15) is 9.59 Å². The van der Waals surface area contributed by atoms with E-state index in [0.717, 1.165) is 0 Å². The van der Waals surface area contributed by atoms with E-state index in [2.05, 4.69) is 11.9 Å². The predicted molar refractivity (Wildman–Crippen MR) is 41.6 cm³/mol. The molecule has 0 aliphatic carbocycles. The Labute approximate surface area is 65.5 Å². The third-order valence-electron chi connectivity index (χ3n) is 1.01. The average molecular weight is 156 g/mol. The van der Waals surface area contributed by atoms with E-state index in [-0.39, 0.29) is 12.3 Å². The number of primary amides is 1. The van der Waals surface area contributed by atoms with Gasteiger partial charge in [0.05, 0.1) is 0 Å². The van der Waals surface area contributed by atoms with Gasteiger partial charge >= 0.3 is 0 Å². The van der Waals surface area contributed by atoms with Crippen molar-refractivity contribution in [3.05, 3.63) is 12.7 Å². The van der Waals surface area contributed by atoms with Gasteiger partial charge in [-0.15, -0.1) is 6.58 Å². The second-order valence-electron chi connectivity index (χ2n) is 2.07. The fraction of sp³-hybridized carbons (Fsp3) is 0.429. The Morgan fingerprint density at radius 3 is 2.64 bits per heavy atom. The standard InChI is InChI=1S/C7H12N2O2/c1-2-3-4-9-7(11)5-6(8)10/h2H,1,3-5H2,(H2,8,10)(H,9,11). The minimum absolute atomic E-state index is 0.239. The number of carbonyl (C=O) groups excluding carboxylic acids is 2. The summed E-state index contributed by atoms with van der Waals surface area (Å²) in [5.41, 5.74) is 4.78. The smallest absolute Gasteiger partial charge is 0.229 e. The van der Waals surface area contributed by atoms with Crippen LogP contribution >= 0.6 is 0 Å². The van der Waals surface area contributed by atoms with E-state index in [1.807, 2.05) is 0 Å². The molecule has 0 aromatic rings. The van der Waals surface area contributed by atoms with E-state index < -0.39 is 5.91 Å². The van der Waals surface area contributed by atoms with Crippen LogP contribution in [0.1, 0.15) is 12.8 Å². The predicted octanol–water partition coefficient (Wildman–Crippen LogP) is -0.446. The summed E-state index contributed by atoms with van der Waals surface area (Å²) >= 11 is 0. The third-order valence-corrected chi connectivity index (χ3v) is 1.01. The fourth-order valence-corrected chi connectivity index (χ4v) is 0.534. The van der Waals surface area contributed by atoms with E-state index in [4.69, 9.17) is 5.73 Å². The molecule has 4 heteroatoms. The summed E-state index contributed by atoms with van der Waals surface area (Å²) in [6.45, 7) is 3.99. The maximum Gasteiger partial charge on any atom is 0.229 e. The van der Waals surface area contributed by atoms with Gasteiger partial charge < -0.3 is 11.1 Å². The van der Waals surface area contributed by atoms with E-state index >= 15 is 0 Å². The molecule has 2 amide bonds. The Bertz CT molecular complexity index is 166. The second kappa shape index (κ2) is 5.46. The van der Waals surface area contributed by atoms with Gasteiger partial charge in [0.15, 0.2) is 0 Å². The fourth-order valence-electron chi connectivity index (χ4n) is 0.534. The first-order valence-electron chi connectivity index (χ1n) is 3.32. The van der Waals surface area contributed by atoms with Crippen LogP contribution < -0.4 is 11.1 Å². The summed E-state index contributed by atoms with van der Waals surface area (Å²) in [6.07, 6.45) is 2.15. The highest BCUT2D eigenvalue weighted by Crippen LogP contribution is 1.79. The van der Waals surface area contributed by atoms with Crippen LogP contribution in [-0.2, 0) is 9.59 Å². The first kappa shape index (κ1) is 9.68. The molecule has 0 aromatic heterocycles. The van der Waals surface area contributed by atoms with E-state index in [1.54, 1.807) is 6.08 Å². The van der Waals surface area contributed by atoms with Crippen LogP contribution in [0.15, 0.2) is 12.7 Å². The van der Waals surface area contributed by atoms with Gasteiger partial charge in [-0.05, 0) is 6.42 Å². The average Bonchev–Trinajstić information content (AvgIpc) is 1.86. The number of carbonyl (C=O) groups is 2. The third kappa shape index (κ3) is 6.57. The number of amides is 2. The quantitative estimate of drug-likeness (QED) is 0.321. The van der Waals surface area contributed by atoms with Crippen molar-refractivity contribution in [2.75, 3.05) is 6.54 Å². The zero-order valence-corrected chi connectivity index (χ0v) is 6.30. The summed E-state index contributed by atoms with van der Waals surface area (Å²) in [6, 6.07) is 0. The molecule has 3 N–H and O–H groups in total. The molecule has 0 heterocycles. The molecule has 0 aliphatic heterocycles. The van der Waals surface area contributed by atoms with Gasteiger partial charge in [-0.2, -0.15) is 0 Å². The molecular formula is C7H12N2O2. The Kier molecular flexibility index (Phi) is 4.81. The summed E-state index contributed by atoms with van der Waals surface area (Å²) in [7, 11) is 0. The molecule has 0 aromatic carbocycles. The highest BCUT2D eigenvalue weighted by Gasteiger charge is 2.02. The SMILES string of the molecule is C=CCCNC(=O)CC(N)=O. The van der Waals surface area contributed by atoms with Crippen LogP contribution in [0.4, 0.5) is 0 Å². The van der Waals surface area contributed by atoms with Crippen LogP contribution in [0.2, 0.25) is 0 Å². The summed E-state index contributed by atoms with van der Waals surface area (Å²) in [5, 5.41) is 2.50. The molecule has 0 rings (SSSR count). The molecule has 0 saturated heterocycles. The van der Waals surface area contributed by atoms with Crippen molar-refractivity contribution in [2.24, 2.45) is 5.73 Å². The lowest BCUT2D eigenvalue weighted by atomic mass is 10.3. The Balaban J connectivity index is 3.37. The van der Waals surface area contributed by atoms with Crippen LogP contribution in [0.25, 0.3) is 0 Å². The highest BCUT2D eigenvalue weighted by molar-refractivity contribution is 5.95. The molecule has 0 atom stereocenters. The van der Waals surface area contributed by atoms with Gasteiger partial charge in [0, 0.05) is 6.54 Å². The first-order chi connectivity index (χ1) is 5.16. The molecule has 0 unspecified atom stereocenters. The van der Waals surface area contributed by atoms with E-state index in [0.29, 0.717) is 13.0 Å². The Morgan fingerprint density at radius 1 is 1.55 bits per heavy atom. The van der Waals surface area contributed by atoms with Crippen molar-refractivity contribution in [3.63, 3.8) is 0 Å². The molecule has 62 valence electrons. The van der Waals surface area contributed by atoms with Crippen LogP contribution in [0.5, 0.6) is 0 Å². The number of hydrogen-bond acceptors (Lipinski definition) is 2. The van der Waals surface area contributed by atoms with E-state index in [1.165, 1.54) is 0 Å². The summed E-state index contributed by atoms with van der Waals surface area (Å²) in [5.74, 6) is -0.944. The number of nitrogens with one attached hydrogen (secondary N) is 1. The molecule has 11 heavy (non-hydrogen) atoms. The minimum Gasteiger partial charge on any atom is -0.369 e. The lowest BCUT2D eigenvalue weighted by Crippen LogP contribution is -2.28. The number of rotatable bonds is 5. The van der Waals surface area contributed by atoms with Gasteiger partial charge in [0.1, 0.15) is 6.42 Å². The van der Waals surface area contributed by atoms with Crippen LogP contribution in [0.3, 0.4) is 0 Å². The van der Waals surface area contributed by atoms with Gasteiger partial charge in [0.2, 0.25) is 11.8 Å². The summed E-state index contributed by atoms with van der Waals surface area (Å²) in [4.78, 5) is 20.9. The van der Waals surface area contributed by atoms with Crippen molar-refractivity contribution in [1.29, 1.82) is 0 Å². The largest absolute Gasteiger partial charge is 0.369 e. The van der Waals surface area contributed by atoms with Gasteiger partial charge in [-0.25, -0.2) is 0 Å². The lowest BCUT2D eigenvalue weighted by molar-refractivity contribution is -0.127. The van der Waals surface area contributed by atoms with Crippen molar-refractivity contribution < 1.29 is 9.59 Å². The maximum atomic E-state index is 10.7. The first-order valence-corrected chi connectivity index (χ1v) is 3.32. The van der Waals surface area contributed by atoms with Crippen LogP contribution in [0, 0.1) is 0 Å². The van der Waals surface area contributed by atoms with Crippen molar-refractivity contribution in [2.45, 2.75) is 12.8 Å². The zero-order chi connectivity index (χ0) is 8.69. The normalized spacial score (nSPS) is 8.73. The summed E-state index contributed by atoms with van der Waals surface area (Å²) < 4.78 is 0. The van der Waals surface area contributed by atoms with Crippen molar-refractivity contribution in [1.82, 2.24) is 5.32 Å². The molecular weight excluding hydrogens is 144 g/mol. The van der Waals surface area contributed by atoms with Crippen molar-refractivity contribution in [3.8, 4) is 0 Å². The highest BCUT2D eigenvalue weighted by atomic mass is 16.2. The molecule has 0 radical (unpaired) electrons. The van der Waals surface area contributed by atoms with Gasteiger partial charge in [-0.3, -0.25) is 9.59 Å².